The van der Waals surface area contributed by atoms with E-state index < -0.39 is 5.41 Å². The molecule has 0 bridgehead atoms. The van der Waals surface area contributed by atoms with Gasteiger partial charge in [-0.25, -0.2) is 15.0 Å². The van der Waals surface area contributed by atoms with Gasteiger partial charge in [-0.3, -0.25) is 0 Å². The summed E-state index contributed by atoms with van der Waals surface area (Å²) < 4.78 is 2.42. The van der Waals surface area contributed by atoms with Crippen LogP contribution in [-0.2, 0) is 5.41 Å². The molecule has 2 aliphatic rings. The summed E-state index contributed by atoms with van der Waals surface area (Å²) in [7, 11) is 0. The van der Waals surface area contributed by atoms with E-state index in [1.807, 2.05) is 36.0 Å². The first-order valence-corrected chi connectivity index (χ1v) is 22.2. The first-order valence-electron chi connectivity index (χ1n) is 21.3. The molecule has 0 fully saturated rings. The SMILES string of the molecule is c1ccc(-c2ccc(-c3nc(-c4ccccc4)nc(-c4cccc(-n5c6ccccc6c6cc7c(cc65)Sc5ccccc5C75c6ccccc6-c6ccccc65)c4)n3)cc2)cc1. The maximum Gasteiger partial charge on any atom is 0.164 e. The molecule has 0 saturated carbocycles. The number of aromatic nitrogens is 4. The van der Waals surface area contributed by atoms with Crippen molar-refractivity contribution in [2.24, 2.45) is 0 Å². The number of para-hydroxylation sites is 1. The predicted octanol–water partition coefficient (Wildman–Crippen LogP) is 14.5. The zero-order valence-corrected chi connectivity index (χ0v) is 34.8. The fourth-order valence-corrected chi connectivity index (χ4v) is 11.4. The second-order valence-corrected chi connectivity index (χ2v) is 17.4. The molecule has 4 nitrogen and oxygen atoms in total. The number of rotatable bonds is 5. The fraction of sp³-hybridized carbons (Fsp3) is 0.0172. The highest BCUT2D eigenvalue weighted by Gasteiger charge is 2.50. The molecule has 1 aliphatic carbocycles. The molecule has 2 aromatic heterocycles. The van der Waals surface area contributed by atoms with Gasteiger partial charge in [-0.2, -0.15) is 0 Å². The van der Waals surface area contributed by atoms with Crippen LogP contribution in [0.4, 0.5) is 0 Å². The summed E-state index contributed by atoms with van der Waals surface area (Å²) in [6, 6.07) is 78.6. The van der Waals surface area contributed by atoms with Crippen LogP contribution in [0, 0.1) is 0 Å². The summed E-state index contributed by atoms with van der Waals surface area (Å²) in [4.78, 5) is 17.9. The van der Waals surface area contributed by atoms with Crippen molar-refractivity contribution >= 4 is 33.6 Å². The van der Waals surface area contributed by atoms with Gasteiger partial charge >= 0.3 is 0 Å². The third kappa shape index (κ3) is 5.46. The Hall–Kier alpha value is -7.86. The maximum absolute atomic E-state index is 5.17. The second-order valence-electron chi connectivity index (χ2n) is 16.3. The quantitative estimate of drug-likeness (QED) is 0.173. The number of fused-ring (bicyclic) bond motifs is 12. The van der Waals surface area contributed by atoms with Crippen molar-refractivity contribution in [3.63, 3.8) is 0 Å². The molecule has 0 amide bonds. The Bertz CT molecular complexity index is 3550. The van der Waals surface area contributed by atoms with Gasteiger partial charge in [0.15, 0.2) is 17.5 Å². The summed E-state index contributed by atoms with van der Waals surface area (Å²) in [6.45, 7) is 0. The predicted molar refractivity (Wildman–Crippen MR) is 257 cm³/mol. The summed E-state index contributed by atoms with van der Waals surface area (Å²) in [5, 5.41) is 2.44. The van der Waals surface area contributed by atoms with Gasteiger partial charge in [-0.1, -0.05) is 194 Å². The molecular formula is C58H36N4S. The van der Waals surface area contributed by atoms with Gasteiger partial charge in [-0.05, 0) is 80.9 Å². The summed E-state index contributed by atoms with van der Waals surface area (Å²) in [5.74, 6) is 1.89. The molecular weight excluding hydrogens is 785 g/mol. The lowest BCUT2D eigenvalue weighted by atomic mass is 9.67. The van der Waals surface area contributed by atoms with Crippen molar-refractivity contribution in [2.45, 2.75) is 15.2 Å². The first-order chi connectivity index (χ1) is 31.2. The second kappa shape index (κ2) is 14.1. The topological polar surface area (TPSA) is 43.6 Å². The van der Waals surface area contributed by atoms with Crippen LogP contribution in [0.25, 0.3) is 83.9 Å². The lowest BCUT2D eigenvalue weighted by Crippen LogP contribution is -2.31. The Balaban J connectivity index is 0.999. The fourth-order valence-electron chi connectivity index (χ4n) is 10.2. The van der Waals surface area contributed by atoms with E-state index in [4.69, 9.17) is 15.0 Å². The monoisotopic (exact) mass is 820 g/mol. The van der Waals surface area contributed by atoms with Crippen LogP contribution in [0.15, 0.2) is 228 Å². The summed E-state index contributed by atoms with van der Waals surface area (Å²) in [5.41, 5.74) is 16.0. The molecule has 11 aromatic rings. The molecule has 1 spiro atoms. The third-order valence-electron chi connectivity index (χ3n) is 12.9. The molecule has 0 N–H and O–H groups in total. The van der Waals surface area contributed by atoms with Gasteiger partial charge in [0, 0.05) is 42.9 Å². The van der Waals surface area contributed by atoms with E-state index in [1.54, 1.807) is 0 Å². The third-order valence-corrected chi connectivity index (χ3v) is 14.1. The van der Waals surface area contributed by atoms with Crippen LogP contribution in [0.3, 0.4) is 0 Å². The average molecular weight is 821 g/mol. The standard InChI is InChI=1S/C58H36N4S/c1-3-16-37(17-4-1)38-30-32-40(33-31-38)56-59-55(39-18-5-2-6-19-39)60-57(61-56)41-20-15-21-42(34-41)62-51-28-13-9-24-45(51)46-35-50-54(36-52(46)62)63-53-29-14-12-27-49(53)58(50)47-25-10-7-22-43(47)44-23-8-11-26-48(44)58/h1-36H. The molecule has 3 heterocycles. The molecule has 0 radical (unpaired) electrons. The van der Waals surface area contributed by atoms with Gasteiger partial charge in [0.05, 0.1) is 16.4 Å². The highest BCUT2D eigenvalue weighted by molar-refractivity contribution is 7.99. The van der Waals surface area contributed by atoms with Gasteiger partial charge < -0.3 is 4.57 Å². The molecule has 0 atom stereocenters. The van der Waals surface area contributed by atoms with Crippen LogP contribution in [0.2, 0.25) is 0 Å². The van der Waals surface area contributed by atoms with Crippen molar-refractivity contribution in [1.29, 1.82) is 0 Å². The van der Waals surface area contributed by atoms with E-state index in [0.29, 0.717) is 17.5 Å². The highest BCUT2D eigenvalue weighted by Crippen LogP contribution is 2.62. The van der Waals surface area contributed by atoms with Crippen molar-refractivity contribution in [1.82, 2.24) is 19.5 Å². The minimum atomic E-state index is -0.448. The largest absolute Gasteiger partial charge is 0.309 e. The molecule has 0 saturated heterocycles. The van der Waals surface area contributed by atoms with Crippen molar-refractivity contribution < 1.29 is 0 Å². The zero-order chi connectivity index (χ0) is 41.5. The van der Waals surface area contributed by atoms with Crippen molar-refractivity contribution in [3.8, 4) is 62.1 Å². The smallest absolute Gasteiger partial charge is 0.164 e. The molecule has 5 heteroatoms. The van der Waals surface area contributed by atoms with Gasteiger partial charge in [0.2, 0.25) is 0 Å². The van der Waals surface area contributed by atoms with E-state index in [-0.39, 0.29) is 0 Å². The van der Waals surface area contributed by atoms with Crippen LogP contribution in [0.1, 0.15) is 22.3 Å². The van der Waals surface area contributed by atoms with Crippen molar-refractivity contribution in [3.05, 3.63) is 241 Å². The lowest BCUT2D eigenvalue weighted by molar-refractivity contribution is 0.724. The van der Waals surface area contributed by atoms with Gasteiger partial charge in [-0.15, -0.1) is 0 Å². The Morgan fingerprint density at radius 3 is 1.57 bits per heavy atom. The summed E-state index contributed by atoms with van der Waals surface area (Å²) >= 11 is 1.88. The van der Waals surface area contributed by atoms with Crippen LogP contribution < -0.4 is 0 Å². The Labute approximate surface area is 369 Å². The average Bonchev–Trinajstić information content (AvgIpc) is 3.84. The molecule has 294 valence electrons. The number of nitrogens with zero attached hydrogens (tertiary/aromatic N) is 4. The molecule has 9 aromatic carbocycles. The molecule has 0 unspecified atom stereocenters. The first kappa shape index (κ1) is 35.9. The lowest BCUT2D eigenvalue weighted by Gasteiger charge is -2.39. The zero-order valence-electron chi connectivity index (χ0n) is 34.0. The molecule has 63 heavy (non-hydrogen) atoms. The Kier molecular flexibility index (Phi) is 8.02. The van der Waals surface area contributed by atoms with Crippen LogP contribution in [-0.4, -0.2) is 19.5 Å². The van der Waals surface area contributed by atoms with Gasteiger partial charge in [0.25, 0.3) is 0 Å². The highest BCUT2D eigenvalue weighted by atomic mass is 32.2. The van der Waals surface area contributed by atoms with Gasteiger partial charge in [0.1, 0.15) is 0 Å². The maximum atomic E-state index is 5.17. The molecule has 13 rings (SSSR count). The van der Waals surface area contributed by atoms with Crippen LogP contribution in [0.5, 0.6) is 0 Å². The minimum absolute atomic E-state index is 0.448. The van der Waals surface area contributed by atoms with Crippen molar-refractivity contribution in [2.75, 3.05) is 0 Å². The summed E-state index contributed by atoms with van der Waals surface area (Å²) in [6.07, 6.45) is 0. The Morgan fingerprint density at radius 2 is 0.857 bits per heavy atom. The number of benzene rings is 9. The Morgan fingerprint density at radius 1 is 0.333 bits per heavy atom. The van der Waals surface area contributed by atoms with E-state index >= 15 is 0 Å². The molecule has 1 aliphatic heterocycles. The van der Waals surface area contributed by atoms with E-state index in [0.717, 1.165) is 39.0 Å². The number of hydrogen-bond acceptors (Lipinski definition) is 4. The van der Waals surface area contributed by atoms with E-state index in [9.17, 15) is 0 Å². The normalized spacial score (nSPS) is 13.1. The minimum Gasteiger partial charge on any atom is -0.309 e. The van der Waals surface area contributed by atoms with E-state index in [1.165, 1.54) is 59.5 Å². The van der Waals surface area contributed by atoms with E-state index in [2.05, 4.69) is 199 Å². The van der Waals surface area contributed by atoms with Crippen LogP contribution >= 0.6 is 11.8 Å². The number of hydrogen-bond donors (Lipinski definition) is 0.